The van der Waals surface area contributed by atoms with Gasteiger partial charge in [0.25, 0.3) is 0 Å². The number of urea groups is 1. The Balaban J connectivity index is 1.38. The van der Waals surface area contributed by atoms with Gasteiger partial charge in [-0.2, -0.15) is 11.8 Å². The van der Waals surface area contributed by atoms with Gasteiger partial charge in [-0.15, -0.1) is 0 Å². The summed E-state index contributed by atoms with van der Waals surface area (Å²) >= 11 is 1.71. The molecule has 0 radical (unpaired) electrons. The van der Waals surface area contributed by atoms with Crippen molar-refractivity contribution in [2.45, 2.75) is 42.8 Å². The molecule has 12 nitrogen and oxygen atoms in total. The summed E-state index contributed by atoms with van der Waals surface area (Å²) in [5.74, 6) is -1.63. The van der Waals surface area contributed by atoms with Gasteiger partial charge >= 0.3 is 24.2 Å². The SMILES string of the molecule is COC(=O)C(CCC[C@@H]1SC[C@@H]2NC(=O)N[C@@H]21)C(=O)OC(c1ccc2c(c1)OCO2)[N+](=O)[O-]. The highest BCUT2D eigenvalue weighted by molar-refractivity contribution is 8.00. The Hall–Kier alpha value is -3.22. The highest BCUT2D eigenvalue weighted by atomic mass is 32.2. The molecule has 2 saturated heterocycles. The van der Waals surface area contributed by atoms with Crippen molar-refractivity contribution in [3.63, 3.8) is 0 Å². The smallest absolute Gasteiger partial charge is 0.383 e. The van der Waals surface area contributed by atoms with Crippen molar-refractivity contribution in [3.8, 4) is 11.5 Å². The van der Waals surface area contributed by atoms with Crippen LogP contribution >= 0.6 is 11.8 Å². The molecule has 178 valence electrons. The number of nitro groups is 1. The van der Waals surface area contributed by atoms with Crippen molar-refractivity contribution in [3.05, 3.63) is 33.9 Å². The normalized spacial score (nSPS) is 24.3. The van der Waals surface area contributed by atoms with E-state index < -0.39 is 29.0 Å². The fraction of sp³-hybridized carbons (Fsp3) is 0.550. The molecule has 1 aromatic rings. The van der Waals surface area contributed by atoms with E-state index in [4.69, 9.17) is 18.9 Å². The number of methoxy groups -OCH3 is 1. The third-order valence-electron chi connectivity index (χ3n) is 5.79. The molecule has 3 aliphatic heterocycles. The van der Waals surface area contributed by atoms with Gasteiger partial charge in [0.2, 0.25) is 6.79 Å². The molecule has 1 aromatic carbocycles. The van der Waals surface area contributed by atoms with Crippen LogP contribution in [0.15, 0.2) is 18.2 Å². The minimum Gasteiger partial charge on any atom is -0.468 e. The van der Waals surface area contributed by atoms with E-state index in [9.17, 15) is 24.5 Å². The molecule has 2 unspecified atom stereocenters. The second-order valence-corrected chi connectivity index (χ2v) is 9.09. The lowest BCUT2D eigenvalue weighted by Crippen LogP contribution is -2.37. The van der Waals surface area contributed by atoms with Crippen molar-refractivity contribution in [2.75, 3.05) is 19.7 Å². The molecular weight excluding hydrogens is 458 g/mol. The van der Waals surface area contributed by atoms with Gasteiger partial charge in [-0.05, 0) is 31.0 Å². The molecule has 0 spiro atoms. The number of carbonyl (C=O) groups is 3. The number of fused-ring (bicyclic) bond motifs is 2. The second kappa shape index (κ2) is 9.73. The van der Waals surface area contributed by atoms with Crippen molar-refractivity contribution in [2.24, 2.45) is 5.92 Å². The first-order valence-electron chi connectivity index (χ1n) is 10.4. The standard InChI is InChI=1S/C20H23N3O9S/c1-29-18(24)11(3-2-4-15-16-12(8-33-15)21-20(26)22-16)19(25)32-17(23(27)28)10-5-6-13-14(7-10)31-9-30-13/h5-7,11-12,15-17H,2-4,8-9H2,1H3,(H2,21,22,26)/t11?,12-,15-,16-,17?/m0/s1. The second-order valence-electron chi connectivity index (χ2n) is 7.82. The van der Waals surface area contributed by atoms with Gasteiger partial charge in [-0.1, -0.05) is 6.42 Å². The van der Waals surface area contributed by atoms with Crippen LogP contribution in [0.25, 0.3) is 0 Å². The number of thioether (sulfide) groups is 1. The Morgan fingerprint density at radius 2 is 2.06 bits per heavy atom. The summed E-state index contributed by atoms with van der Waals surface area (Å²) < 4.78 is 20.3. The number of nitrogens with zero attached hydrogens (tertiary/aromatic N) is 1. The number of hydrogen-bond acceptors (Lipinski definition) is 10. The maximum absolute atomic E-state index is 12.8. The predicted molar refractivity (Wildman–Crippen MR) is 113 cm³/mol. The van der Waals surface area contributed by atoms with E-state index in [0.29, 0.717) is 24.3 Å². The van der Waals surface area contributed by atoms with Crippen molar-refractivity contribution in [1.29, 1.82) is 0 Å². The Morgan fingerprint density at radius 3 is 2.82 bits per heavy atom. The summed E-state index contributed by atoms with van der Waals surface area (Å²) in [5.41, 5.74) is 0.0825. The average Bonchev–Trinajstić information content (AvgIpc) is 3.50. The molecule has 3 heterocycles. The van der Waals surface area contributed by atoms with E-state index in [1.807, 2.05) is 0 Å². The van der Waals surface area contributed by atoms with Crippen LogP contribution in [0.5, 0.6) is 11.5 Å². The van der Waals surface area contributed by atoms with Gasteiger partial charge < -0.3 is 29.6 Å². The minimum absolute atomic E-state index is 0.00380. The zero-order valence-electron chi connectivity index (χ0n) is 17.7. The number of ether oxygens (including phenoxy) is 4. The summed E-state index contributed by atoms with van der Waals surface area (Å²) in [6.45, 7) is -0.00720. The predicted octanol–water partition coefficient (Wildman–Crippen LogP) is 1.36. The maximum atomic E-state index is 12.8. The van der Waals surface area contributed by atoms with Gasteiger partial charge in [-0.3, -0.25) is 19.7 Å². The van der Waals surface area contributed by atoms with E-state index in [-0.39, 0.29) is 42.1 Å². The van der Waals surface area contributed by atoms with Crippen LogP contribution in [0.2, 0.25) is 0 Å². The third kappa shape index (κ3) is 4.92. The summed E-state index contributed by atoms with van der Waals surface area (Å²) in [4.78, 5) is 47.4. The van der Waals surface area contributed by atoms with Gasteiger partial charge in [-0.25, -0.2) is 4.79 Å². The lowest BCUT2D eigenvalue weighted by molar-refractivity contribution is -0.576. The summed E-state index contributed by atoms with van der Waals surface area (Å²) in [6.07, 6.45) is -0.591. The quantitative estimate of drug-likeness (QED) is 0.132. The minimum atomic E-state index is -1.81. The number of amides is 2. The highest BCUT2D eigenvalue weighted by Crippen LogP contribution is 2.36. The molecule has 2 amide bonds. The third-order valence-corrected chi connectivity index (χ3v) is 7.30. The monoisotopic (exact) mass is 481 g/mol. The first kappa shape index (κ1) is 23.0. The largest absolute Gasteiger partial charge is 0.468 e. The van der Waals surface area contributed by atoms with Crippen LogP contribution in [0.4, 0.5) is 4.79 Å². The number of hydrogen-bond donors (Lipinski definition) is 2. The first-order valence-corrected chi connectivity index (χ1v) is 11.4. The fourth-order valence-corrected chi connectivity index (χ4v) is 5.68. The Kier molecular flexibility index (Phi) is 6.77. The van der Waals surface area contributed by atoms with Crippen LogP contribution in [0.3, 0.4) is 0 Å². The summed E-state index contributed by atoms with van der Waals surface area (Å²) in [7, 11) is 1.14. The average molecular weight is 481 g/mol. The Bertz CT molecular complexity index is 959. The lowest BCUT2D eigenvalue weighted by atomic mass is 9.98. The molecule has 2 N–H and O–H groups in total. The van der Waals surface area contributed by atoms with Crippen LogP contribution in [-0.2, 0) is 19.1 Å². The Labute approximate surface area is 192 Å². The van der Waals surface area contributed by atoms with Crippen molar-refractivity contribution in [1.82, 2.24) is 10.6 Å². The first-order chi connectivity index (χ1) is 15.9. The zero-order chi connectivity index (χ0) is 23.5. The molecule has 4 rings (SSSR count). The fourth-order valence-electron chi connectivity index (χ4n) is 4.13. The molecule has 0 aliphatic carbocycles. The van der Waals surface area contributed by atoms with Crippen LogP contribution in [0, 0.1) is 16.0 Å². The lowest BCUT2D eigenvalue weighted by Gasteiger charge is -2.19. The summed E-state index contributed by atoms with van der Waals surface area (Å²) in [6, 6.07) is 4.13. The maximum Gasteiger partial charge on any atom is 0.383 e. The number of benzene rings is 1. The molecule has 2 fully saturated rings. The number of esters is 2. The Morgan fingerprint density at radius 1 is 1.27 bits per heavy atom. The molecule has 0 aromatic heterocycles. The highest BCUT2D eigenvalue weighted by Gasteiger charge is 2.43. The molecule has 13 heteroatoms. The van der Waals surface area contributed by atoms with Crippen molar-refractivity contribution >= 4 is 29.7 Å². The van der Waals surface area contributed by atoms with Gasteiger partial charge in [0.05, 0.1) is 29.7 Å². The van der Waals surface area contributed by atoms with Crippen LogP contribution in [-0.4, -0.2) is 59.9 Å². The van der Waals surface area contributed by atoms with Crippen molar-refractivity contribution < 1.29 is 38.3 Å². The molecule has 33 heavy (non-hydrogen) atoms. The molecule has 0 bridgehead atoms. The molecule has 0 saturated carbocycles. The van der Waals surface area contributed by atoms with Crippen LogP contribution < -0.4 is 20.1 Å². The molecular formula is C20H23N3O9S. The van der Waals surface area contributed by atoms with E-state index in [2.05, 4.69) is 10.6 Å². The van der Waals surface area contributed by atoms with E-state index in [1.54, 1.807) is 11.8 Å². The van der Waals surface area contributed by atoms with Gasteiger partial charge in [0.15, 0.2) is 17.4 Å². The summed E-state index contributed by atoms with van der Waals surface area (Å²) in [5, 5.41) is 17.5. The molecule has 5 atom stereocenters. The topological polar surface area (TPSA) is 155 Å². The van der Waals surface area contributed by atoms with E-state index in [0.717, 1.165) is 12.9 Å². The number of carbonyl (C=O) groups excluding carboxylic acids is 3. The zero-order valence-corrected chi connectivity index (χ0v) is 18.5. The van der Waals surface area contributed by atoms with E-state index in [1.165, 1.54) is 18.2 Å². The molecule has 3 aliphatic rings. The number of rotatable bonds is 9. The van der Waals surface area contributed by atoms with Crippen LogP contribution in [0.1, 0.15) is 31.1 Å². The number of nitrogens with one attached hydrogen (secondary N) is 2. The van der Waals surface area contributed by atoms with E-state index >= 15 is 0 Å². The van der Waals surface area contributed by atoms with Gasteiger partial charge in [0, 0.05) is 11.0 Å². The van der Waals surface area contributed by atoms with Gasteiger partial charge in [0.1, 0.15) is 0 Å².